The van der Waals surface area contributed by atoms with Crippen LogP contribution in [0.15, 0.2) is 76.4 Å². The smallest absolute Gasteiger partial charge is 0.337 e. The number of benzene rings is 1. The maximum Gasteiger partial charge on any atom is 0.337 e. The van der Waals surface area contributed by atoms with Gasteiger partial charge in [-0.15, -0.1) is 0 Å². The zero-order valence-corrected chi connectivity index (χ0v) is 16.8. The Kier molecular flexibility index (Phi) is 4.76. The molecule has 0 amide bonds. The van der Waals surface area contributed by atoms with E-state index in [4.69, 9.17) is 14.2 Å². The van der Waals surface area contributed by atoms with E-state index >= 15 is 0 Å². The molecule has 1 aromatic carbocycles. The van der Waals surface area contributed by atoms with Crippen LogP contribution in [0.25, 0.3) is 0 Å². The number of methoxy groups -OCH3 is 1. The van der Waals surface area contributed by atoms with E-state index in [0.717, 1.165) is 32.1 Å². The molecule has 1 saturated carbocycles. The topological polar surface area (TPSA) is 44.8 Å². The van der Waals surface area contributed by atoms with Gasteiger partial charge in [0.2, 0.25) is 0 Å². The van der Waals surface area contributed by atoms with Crippen LogP contribution in [-0.2, 0) is 25.4 Å². The Labute approximate surface area is 171 Å². The van der Waals surface area contributed by atoms with Crippen LogP contribution in [0, 0.1) is 5.92 Å². The number of fused-ring (bicyclic) bond motifs is 2. The van der Waals surface area contributed by atoms with E-state index in [1.807, 2.05) is 12.1 Å². The minimum atomic E-state index is -0.423. The molecule has 1 saturated heterocycles. The van der Waals surface area contributed by atoms with Gasteiger partial charge in [0.25, 0.3) is 0 Å². The molecule has 5 rings (SSSR count). The minimum Gasteiger partial charge on any atom is -0.465 e. The molecule has 4 aliphatic rings. The monoisotopic (exact) mass is 390 g/mol. The fraction of sp³-hybridized carbons (Fsp3) is 0.400. The van der Waals surface area contributed by atoms with Gasteiger partial charge in [-0.05, 0) is 53.2 Å². The van der Waals surface area contributed by atoms with Gasteiger partial charge in [-0.3, -0.25) is 0 Å². The first kappa shape index (κ1) is 18.6. The molecule has 1 aliphatic heterocycles. The van der Waals surface area contributed by atoms with E-state index in [2.05, 4.69) is 36.4 Å². The van der Waals surface area contributed by atoms with Gasteiger partial charge in [0.15, 0.2) is 5.79 Å². The second-order valence-electron chi connectivity index (χ2n) is 8.19. The molecule has 1 heterocycles. The lowest BCUT2D eigenvalue weighted by Gasteiger charge is -2.39. The number of allylic oxidation sites excluding steroid dienone is 5. The highest BCUT2D eigenvalue weighted by atomic mass is 16.7. The van der Waals surface area contributed by atoms with Crippen LogP contribution < -0.4 is 0 Å². The number of rotatable bonds is 3. The molecule has 0 N–H and O–H groups in total. The summed E-state index contributed by atoms with van der Waals surface area (Å²) in [5, 5.41) is 0. The molecule has 29 heavy (non-hydrogen) atoms. The fourth-order valence-corrected chi connectivity index (χ4v) is 5.15. The quantitative estimate of drug-likeness (QED) is 0.716. The molecule has 4 nitrogen and oxygen atoms in total. The van der Waals surface area contributed by atoms with E-state index < -0.39 is 5.79 Å². The third kappa shape index (κ3) is 3.41. The molecule has 0 aromatic heterocycles. The van der Waals surface area contributed by atoms with Crippen molar-refractivity contribution in [2.24, 2.45) is 5.92 Å². The van der Waals surface area contributed by atoms with Gasteiger partial charge >= 0.3 is 5.97 Å². The summed E-state index contributed by atoms with van der Waals surface area (Å²) in [6.45, 7) is 1.37. The van der Waals surface area contributed by atoms with Gasteiger partial charge in [-0.25, -0.2) is 4.79 Å². The van der Waals surface area contributed by atoms with Gasteiger partial charge in [0, 0.05) is 18.8 Å². The summed E-state index contributed by atoms with van der Waals surface area (Å²) in [4.78, 5) is 12.3. The molecule has 0 radical (unpaired) electrons. The number of ether oxygens (including phenoxy) is 3. The second kappa shape index (κ2) is 7.43. The molecule has 1 atom stereocenters. The number of carbonyl (C=O) groups is 1. The van der Waals surface area contributed by atoms with Gasteiger partial charge in [0.05, 0.1) is 25.9 Å². The predicted octanol–water partition coefficient (Wildman–Crippen LogP) is 4.44. The number of hydrogen-bond acceptors (Lipinski definition) is 4. The molecule has 1 spiro atoms. The Hall–Kier alpha value is -2.43. The Balaban J connectivity index is 1.53. The first-order valence-corrected chi connectivity index (χ1v) is 10.4. The maximum atomic E-state index is 12.3. The Bertz CT molecular complexity index is 942. The summed E-state index contributed by atoms with van der Waals surface area (Å²) in [6.07, 6.45) is 10.8. The van der Waals surface area contributed by atoms with E-state index in [1.54, 1.807) is 0 Å². The van der Waals surface area contributed by atoms with Crippen LogP contribution in [0.1, 0.15) is 31.2 Å². The molecule has 1 aromatic rings. The van der Waals surface area contributed by atoms with Crippen LogP contribution in [0.2, 0.25) is 0 Å². The Morgan fingerprint density at radius 1 is 1.17 bits per heavy atom. The minimum absolute atomic E-state index is 0.171. The SMILES string of the molecule is COC(=O)C1=C[C@@H](Cc2ccccc2)C2=C3CCC4(CC3=CCC2=C1)OCCO4. The highest BCUT2D eigenvalue weighted by Crippen LogP contribution is 2.49. The molecule has 0 unspecified atom stereocenters. The van der Waals surface area contributed by atoms with Crippen molar-refractivity contribution in [3.63, 3.8) is 0 Å². The van der Waals surface area contributed by atoms with Gasteiger partial charge in [0.1, 0.15) is 0 Å². The predicted molar refractivity (Wildman–Crippen MR) is 110 cm³/mol. The van der Waals surface area contributed by atoms with Crippen LogP contribution in [0.4, 0.5) is 0 Å². The van der Waals surface area contributed by atoms with Crippen LogP contribution in [0.5, 0.6) is 0 Å². The standard InChI is InChI=1S/C25H26O4/c1-27-24(26)21-14-18-7-8-19-16-25(28-11-12-29-25)10-9-22(19)23(18)20(15-21)13-17-5-3-2-4-6-17/h2-6,8,14-15,20H,7,9-13,16H2,1H3/t20-/m1/s1. The van der Waals surface area contributed by atoms with Gasteiger partial charge in [-0.2, -0.15) is 0 Å². The molecule has 4 heteroatoms. The largest absolute Gasteiger partial charge is 0.465 e. The summed E-state index contributed by atoms with van der Waals surface area (Å²) in [5.74, 6) is -0.511. The first-order valence-electron chi connectivity index (χ1n) is 10.4. The average molecular weight is 390 g/mol. The highest BCUT2D eigenvalue weighted by Gasteiger charge is 2.43. The first-order chi connectivity index (χ1) is 14.2. The van der Waals surface area contributed by atoms with Crippen LogP contribution in [0.3, 0.4) is 0 Å². The maximum absolute atomic E-state index is 12.3. The average Bonchev–Trinajstić information content (AvgIpc) is 3.21. The van der Waals surface area contributed by atoms with Crippen molar-refractivity contribution in [3.05, 3.63) is 82.0 Å². The molecular formula is C25H26O4. The van der Waals surface area contributed by atoms with Gasteiger partial charge in [-0.1, -0.05) is 42.5 Å². The number of hydrogen-bond donors (Lipinski definition) is 0. The molecular weight excluding hydrogens is 364 g/mol. The second-order valence-corrected chi connectivity index (χ2v) is 8.19. The molecule has 2 fully saturated rings. The van der Waals surface area contributed by atoms with Gasteiger partial charge < -0.3 is 14.2 Å². The summed E-state index contributed by atoms with van der Waals surface area (Å²) < 4.78 is 17.0. The van der Waals surface area contributed by atoms with Crippen molar-refractivity contribution in [1.82, 2.24) is 0 Å². The van der Waals surface area contributed by atoms with E-state index in [9.17, 15) is 4.79 Å². The lowest BCUT2D eigenvalue weighted by Crippen LogP contribution is -2.35. The zero-order chi connectivity index (χ0) is 19.8. The van der Waals surface area contributed by atoms with Crippen LogP contribution >= 0.6 is 0 Å². The zero-order valence-electron chi connectivity index (χ0n) is 16.8. The van der Waals surface area contributed by atoms with E-state index in [1.165, 1.54) is 35.0 Å². The van der Waals surface area contributed by atoms with E-state index in [-0.39, 0.29) is 11.9 Å². The van der Waals surface area contributed by atoms with Crippen LogP contribution in [-0.4, -0.2) is 32.1 Å². The van der Waals surface area contributed by atoms with E-state index in [0.29, 0.717) is 18.8 Å². The van der Waals surface area contributed by atoms with Crippen molar-refractivity contribution in [3.8, 4) is 0 Å². The van der Waals surface area contributed by atoms with Crippen molar-refractivity contribution < 1.29 is 19.0 Å². The van der Waals surface area contributed by atoms with Crippen molar-refractivity contribution in [2.45, 2.75) is 37.9 Å². The van der Waals surface area contributed by atoms with Crippen molar-refractivity contribution >= 4 is 5.97 Å². The third-order valence-corrected chi connectivity index (χ3v) is 6.46. The summed E-state index contributed by atoms with van der Waals surface area (Å²) >= 11 is 0. The number of esters is 1. The Morgan fingerprint density at radius 2 is 1.97 bits per heavy atom. The lowest BCUT2D eigenvalue weighted by atomic mass is 9.70. The van der Waals surface area contributed by atoms with Crippen molar-refractivity contribution in [2.75, 3.05) is 20.3 Å². The summed E-state index contributed by atoms with van der Waals surface area (Å²) in [5.41, 5.74) is 7.37. The lowest BCUT2D eigenvalue weighted by molar-refractivity contribution is -0.163. The van der Waals surface area contributed by atoms with Crippen molar-refractivity contribution in [1.29, 1.82) is 0 Å². The third-order valence-electron chi connectivity index (χ3n) is 6.46. The number of carbonyl (C=O) groups excluding carboxylic acids is 1. The molecule has 150 valence electrons. The summed E-state index contributed by atoms with van der Waals surface area (Å²) in [6, 6.07) is 10.5. The highest BCUT2D eigenvalue weighted by molar-refractivity contribution is 5.93. The molecule has 0 bridgehead atoms. The molecule has 3 aliphatic carbocycles. The summed E-state index contributed by atoms with van der Waals surface area (Å²) in [7, 11) is 1.45. The normalized spacial score (nSPS) is 25.0. The Morgan fingerprint density at radius 3 is 2.72 bits per heavy atom. The fourth-order valence-electron chi connectivity index (χ4n) is 5.15.